The van der Waals surface area contributed by atoms with Gasteiger partial charge in [-0.2, -0.15) is 15.0 Å². The molecule has 1 aromatic carbocycles. The number of benzene rings is 1. The van der Waals surface area contributed by atoms with Gasteiger partial charge in [-0.3, -0.25) is 0 Å². The summed E-state index contributed by atoms with van der Waals surface area (Å²) < 4.78 is 5.33. The lowest BCUT2D eigenvalue weighted by Gasteiger charge is -2.26. The zero-order valence-electron chi connectivity index (χ0n) is 16.2. The lowest BCUT2D eigenvalue weighted by atomic mass is 10.0. The molecular formula is C19H29N5O2. The minimum Gasteiger partial charge on any atom is -0.444 e. The number of rotatable bonds is 7. The second-order valence-electron chi connectivity index (χ2n) is 7.59. The Morgan fingerprint density at radius 2 is 1.92 bits per heavy atom. The predicted molar refractivity (Wildman–Crippen MR) is 101 cm³/mol. The number of carbonyl (C=O) groups is 1. The largest absolute Gasteiger partial charge is 0.444 e. The summed E-state index contributed by atoms with van der Waals surface area (Å²) in [7, 11) is 0. The molecule has 142 valence electrons. The lowest BCUT2D eigenvalue weighted by molar-refractivity contribution is 0.0490. The molecule has 0 saturated heterocycles. The summed E-state index contributed by atoms with van der Waals surface area (Å²) in [4.78, 5) is 13.6. The first-order valence-corrected chi connectivity index (χ1v) is 8.91. The van der Waals surface area contributed by atoms with E-state index >= 15 is 0 Å². The van der Waals surface area contributed by atoms with E-state index in [2.05, 4.69) is 34.7 Å². The van der Waals surface area contributed by atoms with Crippen molar-refractivity contribution in [2.24, 2.45) is 5.92 Å². The molecule has 0 fully saturated rings. The van der Waals surface area contributed by atoms with Crippen molar-refractivity contribution in [2.45, 2.75) is 52.8 Å². The third kappa shape index (κ3) is 6.48. The van der Waals surface area contributed by atoms with Gasteiger partial charge in [-0.15, -0.1) is 0 Å². The van der Waals surface area contributed by atoms with Gasteiger partial charge < -0.3 is 15.4 Å². The molecule has 1 amide bonds. The third-order valence-electron chi connectivity index (χ3n) is 3.70. The fourth-order valence-corrected chi connectivity index (χ4v) is 2.33. The quantitative estimate of drug-likeness (QED) is 0.794. The molecule has 2 N–H and O–H groups in total. The SMILES string of the molecule is CC(C)C(CNCc1cnn(-c2ccccc2)n1)NC(=O)OC(C)(C)C. The molecule has 0 aliphatic rings. The van der Waals surface area contributed by atoms with Crippen LogP contribution >= 0.6 is 0 Å². The number of para-hydroxylation sites is 1. The number of ether oxygens (including phenoxy) is 1. The highest BCUT2D eigenvalue weighted by Crippen LogP contribution is 2.09. The van der Waals surface area contributed by atoms with Crippen LogP contribution in [-0.2, 0) is 11.3 Å². The maximum atomic E-state index is 12.0. The van der Waals surface area contributed by atoms with Gasteiger partial charge in [0.05, 0.1) is 17.6 Å². The van der Waals surface area contributed by atoms with Gasteiger partial charge in [0.15, 0.2) is 0 Å². The van der Waals surface area contributed by atoms with Gasteiger partial charge in [-0.1, -0.05) is 32.0 Å². The van der Waals surface area contributed by atoms with E-state index in [1.807, 2.05) is 51.1 Å². The first kappa shape index (κ1) is 19.9. The van der Waals surface area contributed by atoms with E-state index < -0.39 is 11.7 Å². The maximum Gasteiger partial charge on any atom is 0.407 e. The topological polar surface area (TPSA) is 81.1 Å². The first-order valence-electron chi connectivity index (χ1n) is 8.91. The van der Waals surface area contributed by atoms with Crippen LogP contribution in [0.4, 0.5) is 4.79 Å². The molecule has 0 radical (unpaired) electrons. The van der Waals surface area contributed by atoms with Gasteiger partial charge in [-0.25, -0.2) is 4.79 Å². The molecule has 2 rings (SSSR count). The summed E-state index contributed by atoms with van der Waals surface area (Å²) in [6, 6.07) is 9.74. The Hall–Kier alpha value is -2.41. The van der Waals surface area contributed by atoms with Crippen molar-refractivity contribution in [2.75, 3.05) is 6.54 Å². The Labute approximate surface area is 155 Å². The Morgan fingerprint density at radius 1 is 1.23 bits per heavy atom. The Balaban J connectivity index is 1.84. The second kappa shape index (κ2) is 8.80. The van der Waals surface area contributed by atoms with Crippen LogP contribution in [0.3, 0.4) is 0 Å². The van der Waals surface area contributed by atoms with Crippen molar-refractivity contribution >= 4 is 6.09 Å². The Kier molecular flexibility index (Phi) is 6.74. The van der Waals surface area contributed by atoms with E-state index in [0.29, 0.717) is 13.1 Å². The number of aromatic nitrogens is 3. The fraction of sp³-hybridized carbons (Fsp3) is 0.526. The average Bonchev–Trinajstić information content (AvgIpc) is 3.02. The molecule has 0 bridgehead atoms. The maximum absolute atomic E-state index is 12.0. The summed E-state index contributed by atoms with van der Waals surface area (Å²) in [6.07, 6.45) is 1.35. The molecule has 1 heterocycles. The van der Waals surface area contributed by atoms with Crippen LogP contribution < -0.4 is 10.6 Å². The van der Waals surface area contributed by atoms with Crippen molar-refractivity contribution in [3.8, 4) is 5.69 Å². The number of nitrogens with one attached hydrogen (secondary N) is 2. The number of carbonyl (C=O) groups excluding carboxylic acids is 1. The monoisotopic (exact) mass is 359 g/mol. The van der Waals surface area contributed by atoms with Crippen LogP contribution in [0.1, 0.15) is 40.3 Å². The van der Waals surface area contributed by atoms with Crippen molar-refractivity contribution in [3.05, 3.63) is 42.2 Å². The van der Waals surface area contributed by atoms with E-state index in [9.17, 15) is 4.79 Å². The highest BCUT2D eigenvalue weighted by Gasteiger charge is 2.21. The predicted octanol–water partition coefficient (Wildman–Crippen LogP) is 2.91. The van der Waals surface area contributed by atoms with Gasteiger partial charge in [0.25, 0.3) is 0 Å². The number of hydrogen-bond donors (Lipinski definition) is 2. The number of amides is 1. The average molecular weight is 359 g/mol. The van der Waals surface area contributed by atoms with Crippen LogP contribution in [0.15, 0.2) is 36.5 Å². The summed E-state index contributed by atoms with van der Waals surface area (Å²) in [5, 5.41) is 15.0. The molecule has 0 aliphatic heterocycles. The van der Waals surface area contributed by atoms with E-state index in [0.717, 1.165) is 11.4 Å². The summed E-state index contributed by atoms with van der Waals surface area (Å²) >= 11 is 0. The summed E-state index contributed by atoms with van der Waals surface area (Å²) in [6.45, 7) is 10.9. The number of nitrogens with zero attached hydrogens (tertiary/aromatic N) is 3. The lowest BCUT2D eigenvalue weighted by Crippen LogP contribution is -2.47. The standard InChI is InChI=1S/C19H29N5O2/c1-14(2)17(22-18(25)26-19(3,4)5)13-20-11-15-12-21-24(23-15)16-9-7-6-8-10-16/h6-10,12,14,17,20H,11,13H2,1-5H3,(H,22,25). The molecule has 0 saturated carbocycles. The molecule has 1 aromatic heterocycles. The molecule has 7 heteroatoms. The normalized spacial score (nSPS) is 12.8. The number of alkyl carbamates (subject to hydrolysis) is 1. The minimum absolute atomic E-state index is 0.0333. The van der Waals surface area contributed by atoms with Crippen LogP contribution in [0.2, 0.25) is 0 Å². The van der Waals surface area contributed by atoms with Crippen LogP contribution in [0.25, 0.3) is 5.69 Å². The van der Waals surface area contributed by atoms with Gasteiger partial charge in [-0.05, 0) is 38.8 Å². The molecule has 1 atom stereocenters. The van der Waals surface area contributed by atoms with Crippen LogP contribution in [-0.4, -0.2) is 39.3 Å². The third-order valence-corrected chi connectivity index (χ3v) is 3.70. The summed E-state index contributed by atoms with van der Waals surface area (Å²) in [5.41, 5.74) is 1.26. The van der Waals surface area contributed by atoms with Crippen molar-refractivity contribution < 1.29 is 9.53 Å². The van der Waals surface area contributed by atoms with Gasteiger partial charge in [0, 0.05) is 19.1 Å². The second-order valence-corrected chi connectivity index (χ2v) is 7.59. The Morgan fingerprint density at radius 3 is 2.54 bits per heavy atom. The molecule has 1 unspecified atom stereocenters. The van der Waals surface area contributed by atoms with E-state index in [4.69, 9.17) is 4.74 Å². The molecule has 0 aliphatic carbocycles. The van der Waals surface area contributed by atoms with Gasteiger partial charge in [0.1, 0.15) is 5.60 Å². The molecular weight excluding hydrogens is 330 g/mol. The first-order chi connectivity index (χ1) is 12.2. The highest BCUT2D eigenvalue weighted by molar-refractivity contribution is 5.68. The molecule has 26 heavy (non-hydrogen) atoms. The minimum atomic E-state index is -0.505. The molecule has 0 spiro atoms. The number of hydrogen-bond acceptors (Lipinski definition) is 5. The Bertz CT molecular complexity index is 691. The van der Waals surface area contributed by atoms with Crippen molar-refractivity contribution in [3.63, 3.8) is 0 Å². The van der Waals surface area contributed by atoms with E-state index in [-0.39, 0.29) is 12.0 Å². The van der Waals surface area contributed by atoms with Gasteiger partial charge in [0.2, 0.25) is 0 Å². The van der Waals surface area contributed by atoms with Crippen LogP contribution in [0, 0.1) is 5.92 Å². The zero-order chi connectivity index (χ0) is 19.2. The smallest absolute Gasteiger partial charge is 0.407 e. The molecule has 7 nitrogen and oxygen atoms in total. The van der Waals surface area contributed by atoms with Crippen molar-refractivity contribution in [1.29, 1.82) is 0 Å². The van der Waals surface area contributed by atoms with Crippen molar-refractivity contribution in [1.82, 2.24) is 25.6 Å². The van der Waals surface area contributed by atoms with Gasteiger partial charge >= 0.3 is 6.09 Å². The van der Waals surface area contributed by atoms with E-state index in [1.54, 1.807) is 11.0 Å². The highest BCUT2D eigenvalue weighted by atomic mass is 16.6. The zero-order valence-corrected chi connectivity index (χ0v) is 16.2. The summed E-state index contributed by atoms with van der Waals surface area (Å²) in [5.74, 6) is 0.273. The fourth-order valence-electron chi connectivity index (χ4n) is 2.33. The van der Waals surface area contributed by atoms with Crippen LogP contribution in [0.5, 0.6) is 0 Å². The van der Waals surface area contributed by atoms with E-state index in [1.165, 1.54) is 0 Å². The molecule has 2 aromatic rings.